The Morgan fingerprint density at radius 3 is 2.41 bits per heavy atom. The average molecular weight is 428 g/mol. The molecule has 6 nitrogen and oxygen atoms in total. The number of nitrogens with one attached hydrogen (secondary N) is 2. The molecule has 32 heavy (non-hydrogen) atoms. The lowest BCUT2D eigenvalue weighted by Crippen LogP contribution is -2.16. The molecule has 0 bridgehead atoms. The first-order chi connectivity index (χ1) is 15.6. The maximum Gasteiger partial charge on any atom is 0.196 e. The van der Waals surface area contributed by atoms with Crippen LogP contribution < -0.4 is 16.2 Å². The summed E-state index contributed by atoms with van der Waals surface area (Å²) in [5.41, 5.74) is 3.85. The van der Waals surface area contributed by atoms with Crippen molar-refractivity contribution in [3.05, 3.63) is 74.5 Å². The van der Waals surface area contributed by atoms with Gasteiger partial charge >= 0.3 is 0 Å². The normalized spacial score (nSPS) is 11.7. The molecule has 0 saturated carbocycles. The topological polar surface area (TPSA) is 84.3 Å². The van der Waals surface area contributed by atoms with E-state index in [4.69, 9.17) is 9.15 Å². The third-order valence-electron chi connectivity index (χ3n) is 5.96. The zero-order valence-electron chi connectivity index (χ0n) is 18.1. The highest BCUT2D eigenvalue weighted by molar-refractivity contribution is 6.14. The number of aromatic amines is 1. The van der Waals surface area contributed by atoms with E-state index in [-0.39, 0.29) is 10.9 Å². The number of rotatable bonds is 6. The molecule has 0 aliphatic carbocycles. The van der Waals surface area contributed by atoms with Crippen molar-refractivity contribution in [1.29, 1.82) is 0 Å². The van der Waals surface area contributed by atoms with Gasteiger partial charge in [0.05, 0.1) is 21.8 Å². The fourth-order valence-corrected chi connectivity index (χ4v) is 4.34. The van der Waals surface area contributed by atoms with Gasteiger partial charge in [0, 0.05) is 42.8 Å². The summed E-state index contributed by atoms with van der Waals surface area (Å²) >= 11 is 0. The van der Waals surface area contributed by atoms with Crippen LogP contribution in [0.3, 0.4) is 0 Å². The van der Waals surface area contributed by atoms with Crippen molar-refractivity contribution in [3.63, 3.8) is 0 Å². The number of fused-ring (bicyclic) bond motifs is 5. The standard InChI is InChI=1S/C26H24N2O4/c1-15-8-7-11-19-23(15)28-24-20(32-19)14-18(27-12-5-6-13-31-2)21-22(24)26(30)17-10-4-3-9-16(17)25(21)29/h3-4,7-11,14,27-28H,5-6,12-13H2,1-2H3. The molecule has 5 rings (SSSR count). The molecule has 5 aromatic rings. The molecule has 0 spiro atoms. The minimum atomic E-state index is -0.178. The van der Waals surface area contributed by atoms with Crippen LogP contribution in [0.15, 0.2) is 62.5 Å². The highest BCUT2D eigenvalue weighted by Gasteiger charge is 2.19. The third kappa shape index (κ3) is 3.24. The molecule has 0 unspecified atom stereocenters. The Hall–Kier alpha value is -3.64. The Bertz CT molecular complexity index is 1600. The molecule has 0 saturated heterocycles. The maximum absolute atomic E-state index is 13.6. The Labute approximate surface area is 183 Å². The van der Waals surface area contributed by atoms with E-state index in [0.717, 1.165) is 23.9 Å². The molecule has 2 N–H and O–H groups in total. The van der Waals surface area contributed by atoms with E-state index in [2.05, 4.69) is 10.3 Å². The first-order valence-corrected chi connectivity index (χ1v) is 10.8. The van der Waals surface area contributed by atoms with E-state index in [9.17, 15) is 9.59 Å². The number of anilines is 1. The predicted molar refractivity (Wildman–Crippen MR) is 130 cm³/mol. The Morgan fingerprint density at radius 1 is 0.906 bits per heavy atom. The van der Waals surface area contributed by atoms with E-state index in [1.807, 2.05) is 31.2 Å². The second-order valence-electron chi connectivity index (χ2n) is 8.05. The second-order valence-corrected chi connectivity index (χ2v) is 8.05. The number of H-pyrrole nitrogens is 1. The monoisotopic (exact) mass is 428 g/mol. The summed E-state index contributed by atoms with van der Waals surface area (Å²) < 4.78 is 11.3. The van der Waals surface area contributed by atoms with Crippen LogP contribution in [0, 0.1) is 6.92 Å². The van der Waals surface area contributed by atoms with Gasteiger partial charge in [0.1, 0.15) is 0 Å². The molecule has 0 amide bonds. The van der Waals surface area contributed by atoms with Crippen molar-refractivity contribution in [1.82, 2.24) is 4.98 Å². The summed E-state index contributed by atoms with van der Waals surface area (Å²) in [5, 5.41) is 4.97. The van der Waals surface area contributed by atoms with Crippen LogP contribution in [0.2, 0.25) is 0 Å². The number of unbranched alkanes of at least 4 members (excludes halogenated alkanes) is 1. The van der Waals surface area contributed by atoms with Crippen molar-refractivity contribution in [2.75, 3.05) is 25.6 Å². The Balaban J connectivity index is 1.86. The van der Waals surface area contributed by atoms with Gasteiger partial charge in [0.2, 0.25) is 0 Å². The fourth-order valence-electron chi connectivity index (χ4n) is 4.34. The van der Waals surface area contributed by atoms with Gasteiger partial charge < -0.3 is 19.5 Å². The van der Waals surface area contributed by atoms with Crippen LogP contribution in [-0.4, -0.2) is 25.2 Å². The lowest BCUT2D eigenvalue weighted by Gasteiger charge is -2.13. The lowest BCUT2D eigenvalue weighted by molar-refractivity contribution is 0.194. The summed E-state index contributed by atoms with van der Waals surface area (Å²) in [6.07, 6.45) is 1.77. The molecule has 0 radical (unpaired) electrons. The van der Waals surface area contributed by atoms with Gasteiger partial charge in [0.25, 0.3) is 0 Å². The Morgan fingerprint density at radius 2 is 1.66 bits per heavy atom. The molecule has 0 aliphatic heterocycles. The van der Waals surface area contributed by atoms with Gasteiger partial charge in [-0.25, -0.2) is 0 Å². The van der Waals surface area contributed by atoms with E-state index < -0.39 is 0 Å². The Kier molecular flexibility index (Phi) is 5.15. The third-order valence-corrected chi connectivity index (χ3v) is 5.96. The summed E-state index contributed by atoms with van der Waals surface area (Å²) in [6, 6.07) is 14.6. The number of ether oxygens (including phenoxy) is 1. The van der Waals surface area contributed by atoms with Crippen LogP contribution in [0.25, 0.3) is 43.7 Å². The highest BCUT2D eigenvalue weighted by atomic mass is 16.5. The van der Waals surface area contributed by atoms with Gasteiger partial charge in [-0.3, -0.25) is 9.59 Å². The average Bonchev–Trinajstić information content (AvgIpc) is 2.81. The van der Waals surface area contributed by atoms with E-state index in [1.165, 1.54) is 0 Å². The number of para-hydroxylation sites is 1. The van der Waals surface area contributed by atoms with Crippen LogP contribution in [-0.2, 0) is 4.74 Å². The van der Waals surface area contributed by atoms with Crippen LogP contribution >= 0.6 is 0 Å². The van der Waals surface area contributed by atoms with Crippen molar-refractivity contribution in [2.45, 2.75) is 19.8 Å². The zero-order chi connectivity index (χ0) is 22.2. The van der Waals surface area contributed by atoms with Crippen molar-refractivity contribution in [2.24, 2.45) is 0 Å². The smallest absolute Gasteiger partial charge is 0.196 e. The highest BCUT2D eigenvalue weighted by Crippen LogP contribution is 2.31. The van der Waals surface area contributed by atoms with Crippen LogP contribution in [0.5, 0.6) is 0 Å². The SMILES string of the molecule is COCCCCNc1cc2oc3cccc(C)c3[nH]c2c2c(=O)c3ccccc3c(=O)c12. The summed E-state index contributed by atoms with van der Waals surface area (Å²) in [7, 11) is 1.68. The fraction of sp³-hybridized carbons (Fsp3) is 0.231. The maximum atomic E-state index is 13.6. The molecular formula is C26H24N2O4. The van der Waals surface area contributed by atoms with Crippen LogP contribution in [0.4, 0.5) is 5.69 Å². The first kappa shape index (κ1) is 20.3. The summed E-state index contributed by atoms with van der Waals surface area (Å²) in [4.78, 5) is 30.5. The number of hydrogen-bond donors (Lipinski definition) is 2. The number of benzene rings is 4. The number of hydrogen-bond acceptors (Lipinski definition) is 5. The van der Waals surface area contributed by atoms with Gasteiger partial charge in [-0.1, -0.05) is 36.4 Å². The minimum Gasteiger partial charge on any atom is -0.453 e. The van der Waals surface area contributed by atoms with Gasteiger partial charge in [-0.15, -0.1) is 0 Å². The molecular weight excluding hydrogens is 404 g/mol. The van der Waals surface area contributed by atoms with Gasteiger partial charge in [-0.2, -0.15) is 0 Å². The predicted octanol–water partition coefficient (Wildman–Crippen LogP) is 5.09. The van der Waals surface area contributed by atoms with Gasteiger partial charge in [-0.05, 0) is 31.4 Å². The molecule has 0 aliphatic rings. The number of aromatic nitrogens is 1. The van der Waals surface area contributed by atoms with Crippen molar-refractivity contribution < 1.29 is 9.15 Å². The number of aryl methyl sites for hydroxylation is 1. The molecule has 0 fully saturated rings. The van der Waals surface area contributed by atoms with E-state index >= 15 is 0 Å². The molecule has 1 heterocycles. The molecule has 6 heteroatoms. The zero-order valence-corrected chi connectivity index (χ0v) is 18.1. The van der Waals surface area contributed by atoms with Crippen molar-refractivity contribution in [3.8, 4) is 0 Å². The second kappa shape index (κ2) is 8.13. The minimum absolute atomic E-state index is 0.158. The largest absolute Gasteiger partial charge is 0.453 e. The van der Waals surface area contributed by atoms with Crippen LogP contribution in [0.1, 0.15) is 18.4 Å². The van der Waals surface area contributed by atoms with E-state index in [0.29, 0.717) is 57.1 Å². The van der Waals surface area contributed by atoms with Crippen molar-refractivity contribution >= 4 is 49.4 Å². The molecule has 162 valence electrons. The molecule has 0 atom stereocenters. The lowest BCUT2D eigenvalue weighted by atomic mass is 9.99. The summed E-state index contributed by atoms with van der Waals surface area (Å²) in [5.74, 6) is 0. The summed E-state index contributed by atoms with van der Waals surface area (Å²) in [6.45, 7) is 3.31. The molecule has 1 aromatic heterocycles. The quantitative estimate of drug-likeness (QED) is 0.224. The molecule has 4 aromatic carbocycles. The number of methoxy groups -OCH3 is 1. The van der Waals surface area contributed by atoms with Gasteiger partial charge in [0.15, 0.2) is 22.0 Å². The van der Waals surface area contributed by atoms with E-state index in [1.54, 1.807) is 31.4 Å². The first-order valence-electron chi connectivity index (χ1n) is 10.8.